The van der Waals surface area contributed by atoms with Crippen LogP contribution in [0.5, 0.6) is 5.75 Å². The predicted octanol–water partition coefficient (Wildman–Crippen LogP) is 4.45. The molecule has 0 aliphatic heterocycles. The Morgan fingerprint density at radius 2 is 1.72 bits per heavy atom. The molecule has 1 nitrogen and oxygen atoms in total. The normalized spacial score (nSPS) is 10.4. The van der Waals surface area contributed by atoms with Crippen LogP contribution in [0.2, 0.25) is 0 Å². The van der Waals surface area contributed by atoms with Crippen molar-refractivity contribution in [2.45, 2.75) is 6.61 Å². The Morgan fingerprint density at radius 3 is 2.39 bits per heavy atom. The van der Waals surface area contributed by atoms with Crippen LogP contribution >= 0.6 is 15.9 Å². The summed E-state index contributed by atoms with van der Waals surface area (Å²) in [5, 5.41) is 0. The van der Waals surface area contributed by atoms with Crippen LogP contribution in [0, 0.1) is 17.5 Å². The van der Waals surface area contributed by atoms with Gasteiger partial charge in [0.2, 0.25) is 0 Å². The third-order valence-electron chi connectivity index (χ3n) is 2.29. The lowest BCUT2D eigenvalue weighted by Gasteiger charge is -2.08. The van der Waals surface area contributed by atoms with Crippen molar-refractivity contribution in [3.8, 4) is 5.75 Å². The lowest BCUT2D eigenvalue weighted by molar-refractivity contribution is 0.284. The maximum Gasteiger partial charge on any atom is 0.167 e. The van der Waals surface area contributed by atoms with E-state index in [1.165, 1.54) is 18.2 Å². The number of hydrogen-bond acceptors (Lipinski definition) is 1. The third kappa shape index (κ3) is 3.04. The summed E-state index contributed by atoms with van der Waals surface area (Å²) < 4.78 is 45.1. The van der Waals surface area contributed by atoms with Gasteiger partial charge in [-0.2, -0.15) is 0 Å². The fourth-order valence-corrected chi connectivity index (χ4v) is 1.72. The molecular formula is C13H8BrF3O. The third-order valence-corrected chi connectivity index (χ3v) is 2.79. The second-order valence-corrected chi connectivity index (χ2v) is 4.51. The monoisotopic (exact) mass is 316 g/mol. The quantitative estimate of drug-likeness (QED) is 0.813. The smallest absolute Gasteiger partial charge is 0.167 e. The van der Waals surface area contributed by atoms with Gasteiger partial charge < -0.3 is 4.74 Å². The molecule has 0 heterocycles. The van der Waals surface area contributed by atoms with E-state index in [-0.39, 0.29) is 12.4 Å². The van der Waals surface area contributed by atoms with Crippen LogP contribution in [0.4, 0.5) is 13.2 Å². The van der Waals surface area contributed by atoms with Gasteiger partial charge in [0.25, 0.3) is 0 Å². The molecule has 0 bridgehead atoms. The topological polar surface area (TPSA) is 9.23 Å². The van der Waals surface area contributed by atoms with Gasteiger partial charge in [0.1, 0.15) is 18.2 Å². The molecule has 0 saturated heterocycles. The molecular weight excluding hydrogens is 309 g/mol. The molecule has 0 spiro atoms. The largest absolute Gasteiger partial charge is 0.486 e. The SMILES string of the molecule is Fc1ccc(OCc2ccc(Br)cc2F)c(F)c1. The van der Waals surface area contributed by atoms with Crippen LogP contribution in [0.3, 0.4) is 0 Å². The summed E-state index contributed by atoms with van der Waals surface area (Å²) in [6.45, 7) is -0.123. The minimum Gasteiger partial charge on any atom is -0.486 e. The number of halogens is 4. The standard InChI is InChI=1S/C13H8BrF3O/c14-9-2-1-8(11(16)5-9)7-18-13-4-3-10(15)6-12(13)17/h1-6H,7H2. The van der Waals surface area contributed by atoms with Gasteiger partial charge in [0, 0.05) is 16.1 Å². The first kappa shape index (κ1) is 13.0. The highest BCUT2D eigenvalue weighted by Gasteiger charge is 2.07. The molecule has 0 N–H and O–H groups in total. The molecule has 0 aliphatic carbocycles. The average molecular weight is 317 g/mol. The Balaban J connectivity index is 2.11. The molecule has 0 aliphatic rings. The first-order chi connectivity index (χ1) is 8.56. The van der Waals surface area contributed by atoms with Crippen molar-refractivity contribution in [1.29, 1.82) is 0 Å². The molecule has 94 valence electrons. The molecule has 0 fully saturated rings. The molecule has 18 heavy (non-hydrogen) atoms. The molecule has 5 heteroatoms. The lowest BCUT2D eigenvalue weighted by atomic mass is 10.2. The van der Waals surface area contributed by atoms with Gasteiger partial charge in [0.15, 0.2) is 11.6 Å². The highest BCUT2D eigenvalue weighted by molar-refractivity contribution is 9.10. The molecule has 0 aromatic heterocycles. The molecule has 2 aromatic rings. The number of hydrogen-bond donors (Lipinski definition) is 0. The van der Waals surface area contributed by atoms with Gasteiger partial charge in [-0.1, -0.05) is 22.0 Å². The summed E-state index contributed by atoms with van der Waals surface area (Å²) in [5.41, 5.74) is 0.293. The van der Waals surface area contributed by atoms with Crippen LogP contribution in [-0.2, 0) is 6.61 Å². The summed E-state index contributed by atoms with van der Waals surface area (Å²) in [6, 6.07) is 7.44. The van der Waals surface area contributed by atoms with Crippen LogP contribution in [0.15, 0.2) is 40.9 Å². The number of ether oxygens (including phenoxy) is 1. The zero-order valence-electron chi connectivity index (χ0n) is 9.09. The Kier molecular flexibility index (Phi) is 3.91. The van der Waals surface area contributed by atoms with Crippen molar-refractivity contribution >= 4 is 15.9 Å². The van der Waals surface area contributed by atoms with E-state index in [2.05, 4.69) is 15.9 Å². The highest BCUT2D eigenvalue weighted by Crippen LogP contribution is 2.21. The molecule has 0 atom stereocenters. The molecule has 2 aromatic carbocycles. The molecule has 2 rings (SSSR count). The van der Waals surface area contributed by atoms with Crippen LogP contribution in [-0.4, -0.2) is 0 Å². The first-order valence-electron chi connectivity index (χ1n) is 5.08. The van der Waals surface area contributed by atoms with Crippen LogP contribution in [0.25, 0.3) is 0 Å². The zero-order valence-corrected chi connectivity index (χ0v) is 10.7. The summed E-state index contributed by atoms with van der Waals surface area (Å²) in [4.78, 5) is 0. The van der Waals surface area contributed by atoms with E-state index in [9.17, 15) is 13.2 Å². The minimum atomic E-state index is -0.812. The summed E-state index contributed by atoms with van der Waals surface area (Å²) in [7, 11) is 0. The van der Waals surface area contributed by atoms with Crippen LogP contribution < -0.4 is 4.74 Å². The van der Waals surface area contributed by atoms with Crippen molar-refractivity contribution in [2.24, 2.45) is 0 Å². The molecule has 0 saturated carbocycles. The van der Waals surface area contributed by atoms with E-state index in [1.807, 2.05) is 0 Å². The summed E-state index contributed by atoms with van der Waals surface area (Å²) >= 11 is 3.13. The van der Waals surface area contributed by atoms with Gasteiger partial charge >= 0.3 is 0 Å². The second-order valence-electron chi connectivity index (χ2n) is 3.60. The van der Waals surface area contributed by atoms with E-state index in [4.69, 9.17) is 4.74 Å². The zero-order chi connectivity index (χ0) is 13.1. The van der Waals surface area contributed by atoms with Gasteiger partial charge in [-0.15, -0.1) is 0 Å². The summed E-state index contributed by atoms with van der Waals surface area (Å²) in [5.74, 6) is -2.06. The average Bonchev–Trinajstić information content (AvgIpc) is 2.30. The Morgan fingerprint density at radius 1 is 0.944 bits per heavy atom. The van der Waals surface area contributed by atoms with Crippen LogP contribution in [0.1, 0.15) is 5.56 Å². The number of rotatable bonds is 3. The van der Waals surface area contributed by atoms with Crippen molar-refractivity contribution < 1.29 is 17.9 Å². The molecule has 0 unspecified atom stereocenters. The van der Waals surface area contributed by atoms with E-state index in [1.54, 1.807) is 6.07 Å². The van der Waals surface area contributed by atoms with Gasteiger partial charge in [-0.25, -0.2) is 13.2 Å². The van der Waals surface area contributed by atoms with E-state index >= 15 is 0 Å². The number of benzene rings is 2. The fourth-order valence-electron chi connectivity index (χ4n) is 1.39. The van der Waals surface area contributed by atoms with Gasteiger partial charge in [-0.3, -0.25) is 0 Å². The van der Waals surface area contributed by atoms with E-state index in [0.717, 1.165) is 6.07 Å². The van der Waals surface area contributed by atoms with E-state index in [0.29, 0.717) is 16.1 Å². The van der Waals surface area contributed by atoms with Crippen molar-refractivity contribution in [3.05, 3.63) is 63.9 Å². The first-order valence-corrected chi connectivity index (χ1v) is 5.87. The molecule has 0 radical (unpaired) electrons. The fraction of sp³-hybridized carbons (Fsp3) is 0.0769. The Hall–Kier alpha value is -1.49. The lowest BCUT2D eigenvalue weighted by Crippen LogP contribution is -2.00. The molecule has 0 amide bonds. The van der Waals surface area contributed by atoms with Crippen molar-refractivity contribution in [2.75, 3.05) is 0 Å². The van der Waals surface area contributed by atoms with Gasteiger partial charge in [-0.05, 0) is 24.3 Å². The Bertz CT molecular complexity index is 521. The van der Waals surface area contributed by atoms with Crippen molar-refractivity contribution in [3.63, 3.8) is 0 Å². The Labute approximate surface area is 110 Å². The maximum absolute atomic E-state index is 13.5. The predicted molar refractivity (Wildman–Crippen MR) is 64.8 cm³/mol. The van der Waals surface area contributed by atoms with E-state index < -0.39 is 17.5 Å². The van der Waals surface area contributed by atoms with Gasteiger partial charge in [0.05, 0.1) is 0 Å². The van der Waals surface area contributed by atoms with Crippen molar-refractivity contribution in [1.82, 2.24) is 0 Å². The highest BCUT2D eigenvalue weighted by atomic mass is 79.9. The minimum absolute atomic E-state index is 0.112. The summed E-state index contributed by atoms with van der Waals surface area (Å²) in [6.07, 6.45) is 0. The second kappa shape index (κ2) is 5.44. The maximum atomic E-state index is 13.5.